The molecule has 0 aliphatic heterocycles. The standard InChI is InChI=1S/C14H16BrNO/c1-9(2)7-16-8-13(10(3)17)12-5-4-11(15)6-14(12)16/h4-6,8-9H,7H2,1-3H3. The minimum Gasteiger partial charge on any atom is -0.346 e. The van der Waals surface area contributed by atoms with Gasteiger partial charge in [0.05, 0.1) is 0 Å². The van der Waals surface area contributed by atoms with E-state index in [-0.39, 0.29) is 5.78 Å². The Morgan fingerprint density at radius 3 is 2.71 bits per heavy atom. The van der Waals surface area contributed by atoms with Crippen LogP contribution >= 0.6 is 15.9 Å². The SMILES string of the molecule is CC(=O)c1cn(CC(C)C)c2cc(Br)ccc12. The van der Waals surface area contributed by atoms with Crippen LogP contribution in [0.5, 0.6) is 0 Å². The molecule has 0 aliphatic carbocycles. The van der Waals surface area contributed by atoms with Gasteiger partial charge >= 0.3 is 0 Å². The fourth-order valence-electron chi connectivity index (χ4n) is 2.09. The molecule has 0 N–H and O–H groups in total. The van der Waals surface area contributed by atoms with Crippen LogP contribution in [0.2, 0.25) is 0 Å². The zero-order valence-corrected chi connectivity index (χ0v) is 11.9. The number of Topliss-reactive ketones (excluding diaryl/α,β-unsaturated/α-hetero) is 1. The molecule has 0 saturated carbocycles. The second-order valence-electron chi connectivity index (χ2n) is 4.81. The van der Waals surface area contributed by atoms with E-state index in [0.717, 1.165) is 27.5 Å². The first-order valence-corrected chi connectivity index (χ1v) is 6.57. The normalized spacial score (nSPS) is 11.4. The van der Waals surface area contributed by atoms with Gasteiger partial charge in [0.25, 0.3) is 0 Å². The molecule has 1 aromatic carbocycles. The Bertz CT molecular complexity index is 569. The number of benzene rings is 1. The molecule has 0 spiro atoms. The van der Waals surface area contributed by atoms with Gasteiger partial charge < -0.3 is 4.57 Å². The summed E-state index contributed by atoms with van der Waals surface area (Å²) in [6, 6.07) is 6.06. The highest BCUT2D eigenvalue weighted by molar-refractivity contribution is 9.10. The lowest BCUT2D eigenvalue weighted by molar-refractivity contribution is 0.101. The molecule has 0 unspecified atom stereocenters. The van der Waals surface area contributed by atoms with E-state index in [1.807, 2.05) is 18.3 Å². The topological polar surface area (TPSA) is 22.0 Å². The molecule has 0 fully saturated rings. The molecule has 0 radical (unpaired) electrons. The molecule has 0 atom stereocenters. The van der Waals surface area contributed by atoms with Gasteiger partial charge in [-0.2, -0.15) is 0 Å². The van der Waals surface area contributed by atoms with Crippen LogP contribution < -0.4 is 0 Å². The van der Waals surface area contributed by atoms with Gasteiger partial charge in [0.2, 0.25) is 0 Å². The van der Waals surface area contributed by atoms with Crippen LogP contribution in [0.3, 0.4) is 0 Å². The number of hydrogen-bond acceptors (Lipinski definition) is 1. The molecule has 0 saturated heterocycles. The van der Waals surface area contributed by atoms with Crippen molar-refractivity contribution in [3.8, 4) is 0 Å². The molecule has 0 bridgehead atoms. The van der Waals surface area contributed by atoms with Crippen molar-refractivity contribution in [1.29, 1.82) is 0 Å². The number of fused-ring (bicyclic) bond motifs is 1. The Labute approximate surface area is 110 Å². The van der Waals surface area contributed by atoms with E-state index in [9.17, 15) is 4.79 Å². The third-order valence-corrected chi connectivity index (χ3v) is 3.28. The Hall–Kier alpha value is -1.09. The quantitative estimate of drug-likeness (QED) is 0.775. The lowest BCUT2D eigenvalue weighted by atomic mass is 10.1. The van der Waals surface area contributed by atoms with Gasteiger partial charge in [0, 0.05) is 33.7 Å². The second-order valence-corrected chi connectivity index (χ2v) is 5.72. The van der Waals surface area contributed by atoms with Crippen LogP contribution in [-0.2, 0) is 6.54 Å². The van der Waals surface area contributed by atoms with Crippen molar-refractivity contribution in [3.05, 3.63) is 34.4 Å². The number of nitrogens with zero attached hydrogens (tertiary/aromatic N) is 1. The van der Waals surface area contributed by atoms with Crippen molar-refractivity contribution in [3.63, 3.8) is 0 Å². The third-order valence-electron chi connectivity index (χ3n) is 2.79. The zero-order chi connectivity index (χ0) is 12.6. The molecule has 0 aliphatic rings. The van der Waals surface area contributed by atoms with Gasteiger partial charge in [-0.05, 0) is 25.0 Å². The summed E-state index contributed by atoms with van der Waals surface area (Å²) in [5.74, 6) is 0.684. The Kier molecular flexibility index (Phi) is 3.38. The molecule has 1 heterocycles. The monoisotopic (exact) mass is 293 g/mol. The van der Waals surface area contributed by atoms with E-state index >= 15 is 0 Å². The maximum Gasteiger partial charge on any atom is 0.161 e. The smallest absolute Gasteiger partial charge is 0.161 e. The largest absolute Gasteiger partial charge is 0.346 e. The first kappa shape index (κ1) is 12.4. The Morgan fingerprint density at radius 2 is 2.12 bits per heavy atom. The summed E-state index contributed by atoms with van der Waals surface area (Å²) in [5.41, 5.74) is 1.94. The number of aromatic nitrogens is 1. The summed E-state index contributed by atoms with van der Waals surface area (Å²) in [5, 5.41) is 1.04. The number of rotatable bonds is 3. The number of ketones is 1. The van der Waals surface area contributed by atoms with Crippen molar-refractivity contribution >= 4 is 32.6 Å². The molecule has 3 heteroatoms. The highest BCUT2D eigenvalue weighted by Gasteiger charge is 2.12. The molecule has 17 heavy (non-hydrogen) atoms. The molecule has 0 amide bonds. The summed E-state index contributed by atoms with van der Waals surface area (Å²) in [6.45, 7) is 6.91. The molecule has 2 aromatic rings. The van der Waals surface area contributed by atoms with Crippen molar-refractivity contribution in [2.75, 3.05) is 0 Å². The maximum atomic E-state index is 11.6. The van der Waals surface area contributed by atoms with E-state index in [2.05, 4.69) is 40.4 Å². The highest BCUT2D eigenvalue weighted by atomic mass is 79.9. The first-order valence-electron chi connectivity index (χ1n) is 5.78. The van der Waals surface area contributed by atoms with E-state index in [4.69, 9.17) is 0 Å². The molecule has 90 valence electrons. The summed E-state index contributed by atoms with van der Waals surface area (Å²) < 4.78 is 3.21. The van der Waals surface area contributed by atoms with Gasteiger partial charge in [-0.25, -0.2) is 0 Å². The zero-order valence-electron chi connectivity index (χ0n) is 10.3. The maximum absolute atomic E-state index is 11.6. The summed E-state index contributed by atoms with van der Waals surface area (Å²) in [4.78, 5) is 11.6. The van der Waals surface area contributed by atoms with Gasteiger partial charge in [0.1, 0.15) is 0 Å². The van der Waals surface area contributed by atoms with Crippen LogP contribution in [-0.4, -0.2) is 10.4 Å². The van der Waals surface area contributed by atoms with Crippen LogP contribution in [0.4, 0.5) is 0 Å². The molecular weight excluding hydrogens is 278 g/mol. The number of carbonyl (C=O) groups excluding carboxylic acids is 1. The predicted octanol–water partition coefficient (Wildman–Crippen LogP) is 4.26. The minimum absolute atomic E-state index is 0.125. The van der Waals surface area contributed by atoms with Gasteiger partial charge in [-0.15, -0.1) is 0 Å². The van der Waals surface area contributed by atoms with Crippen LogP contribution in [0.15, 0.2) is 28.9 Å². The van der Waals surface area contributed by atoms with Gasteiger partial charge in [-0.3, -0.25) is 4.79 Å². The van der Waals surface area contributed by atoms with Crippen molar-refractivity contribution in [2.24, 2.45) is 5.92 Å². The number of hydrogen-bond donors (Lipinski definition) is 0. The van der Waals surface area contributed by atoms with E-state index < -0.39 is 0 Å². The average molecular weight is 294 g/mol. The molecular formula is C14H16BrNO. The van der Waals surface area contributed by atoms with Gasteiger partial charge in [0.15, 0.2) is 5.78 Å². The third kappa shape index (κ3) is 2.44. The molecule has 1 aromatic heterocycles. The summed E-state index contributed by atoms with van der Waals surface area (Å²) in [7, 11) is 0. The molecule has 2 rings (SSSR count). The highest BCUT2D eigenvalue weighted by Crippen LogP contribution is 2.26. The summed E-state index contributed by atoms with van der Waals surface area (Å²) in [6.07, 6.45) is 1.97. The van der Waals surface area contributed by atoms with Crippen LogP contribution in [0.25, 0.3) is 10.9 Å². The van der Waals surface area contributed by atoms with Crippen molar-refractivity contribution < 1.29 is 4.79 Å². The average Bonchev–Trinajstić information content (AvgIpc) is 2.56. The van der Waals surface area contributed by atoms with Crippen LogP contribution in [0, 0.1) is 5.92 Å². The van der Waals surface area contributed by atoms with Crippen molar-refractivity contribution in [2.45, 2.75) is 27.3 Å². The fourth-order valence-corrected chi connectivity index (χ4v) is 2.44. The van der Waals surface area contributed by atoms with E-state index in [1.54, 1.807) is 6.92 Å². The lowest BCUT2D eigenvalue weighted by Crippen LogP contribution is -2.02. The second kappa shape index (κ2) is 4.65. The Morgan fingerprint density at radius 1 is 1.41 bits per heavy atom. The summed E-state index contributed by atoms with van der Waals surface area (Å²) >= 11 is 3.48. The predicted molar refractivity (Wildman–Crippen MR) is 74.5 cm³/mol. The van der Waals surface area contributed by atoms with Crippen LogP contribution in [0.1, 0.15) is 31.1 Å². The fraction of sp³-hybridized carbons (Fsp3) is 0.357. The van der Waals surface area contributed by atoms with E-state index in [1.165, 1.54) is 0 Å². The van der Waals surface area contributed by atoms with Crippen molar-refractivity contribution in [1.82, 2.24) is 4.57 Å². The Balaban J connectivity index is 2.66. The van der Waals surface area contributed by atoms with E-state index in [0.29, 0.717) is 5.92 Å². The molecule has 2 nitrogen and oxygen atoms in total. The van der Waals surface area contributed by atoms with Gasteiger partial charge in [-0.1, -0.05) is 35.8 Å². The number of halogens is 1. The minimum atomic E-state index is 0.125. The lowest BCUT2D eigenvalue weighted by Gasteiger charge is -2.08. The number of carbonyl (C=O) groups is 1. The first-order chi connectivity index (χ1) is 7.99.